The van der Waals surface area contributed by atoms with Crippen LogP contribution in [0, 0.1) is 6.92 Å². The van der Waals surface area contributed by atoms with E-state index in [-0.39, 0.29) is 5.97 Å². The Bertz CT molecular complexity index is 802. The fourth-order valence-electron chi connectivity index (χ4n) is 2.58. The minimum absolute atomic E-state index is 0.293. The molecule has 3 nitrogen and oxygen atoms in total. The summed E-state index contributed by atoms with van der Waals surface area (Å²) in [6, 6.07) is 16.0. The Labute approximate surface area is 123 Å². The van der Waals surface area contributed by atoms with E-state index in [2.05, 4.69) is 42.0 Å². The van der Waals surface area contributed by atoms with Crippen molar-refractivity contribution in [3.05, 3.63) is 71.4 Å². The number of carbonyl (C=O) groups is 1. The highest BCUT2D eigenvalue weighted by molar-refractivity contribution is 5.91. The van der Waals surface area contributed by atoms with Gasteiger partial charge in [-0.3, -0.25) is 0 Å². The van der Waals surface area contributed by atoms with Gasteiger partial charge in [-0.2, -0.15) is 0 Å². The summed E-state index contributed by atoms with van der Waals surface area (Å²) in [6.07, 6.45) is 2.05. The third kappa shape index (κ3) is 2.55. The summed E-state index contributed by atoms with van der Waals surface area (Å²) in [5.74, 6) is -0.293. The Balaban J connectivity index is 2.03. The molecule has 3 aromatic rings. The molecule has 0 saturated heterocycles. The van der Waals surface area contributed by atoms with Crippen LogP contribution in [0.25, 0.3) is 10.9 Å². The zero-order valence-corrected chi connectivity index (χ0v) is 12.2. The van der Waals surface area contributed by atoms with E-state index in [1.807, 2.05) is 18.2 Å². The van der Waals surface area contributed by atoms with E-state index in [0.29, 0.717) is 12.1 Å². The number of carbonyl (C=O) groups excluding carboxylic acids is 1. The van der Waals surface area contributed by atoms with Gasteiger partial charge < -0.3 is 9.30 Å². The lowest BCUT2D eigenvalue weighted by molar-refractivity contribution is 0.0599. The predicted octanol–water partition coefficient (Wildman–Crippen LogP) is 3.78. The number of ether oxygens (including phenoxy) is 1. The van der Waals surface area contributed by atoms with Gasteiger partial charge in [-0.15, -0.1) is 0 Å². The van der Waals surface area contributed by atoms with Crippen molar-refractivity contribution < 1.29 is 9.53 Å². The minimum atomic E-state index is -0.293. The van der Waals surface area contributed by atoms with E-state index in [1.165, 1.54) is 23.6 Å². The molecule has 0 radical (unpaired) electrons. The second-order valence-corrected chi connectivity index (χ2v) is 5.15. The number of benzene rings is 2. The molecule has 3 heteroatoms. The summed E-state index contributed by atoms with van der Waals surface area (Å²) in [4.78, 5) is 11.8. The topological polar surface area (TPSA) is 31.2 Å². The molecule has 0 fully saturated rings. The zero-order chi connectivity index (χ0) is 14.8. The lowest BCUT2D eigenvalue weighted by Crippen LogP contribution is -2.08. The van der Waals surface area contributed by atoms with Crippen molar-refractivity contribution in [1.29, 1.82) is 0 Å². The molecule has 0 saturated carbocycles. The number of rotatable bonds is 3. The van der Waals surface area contributed by atoms with E-state index in [4.69, 9.17) is 4.74 Å². The molecule has 1 heterocycles. The minimum Gasteiger partial charge on any atom is -0.465 e. The number of aromatic nitrogens is 1. The molecule has 2 aromatic carbocycles. The Morgan fingerprint density at radius 3 is 2.76 bits per heavy atom. The van der Waals surface area contributed by atoms with Gasteiger partial charge in [0.05, 0.1) is 12.7 Å². The number of fused-ring (bicyclic) bond motifs is 1. The van der Waals surface area contributed by atoms with Crippen LogP contribution in [0.1, 0.15) is 21.5 Å². The largest absolute Gasteiger partial charge is 0.465 e. The molecule has 0 amide bonds. The Hall–Kier alpha value is -2.55. The van der Waals surface area contributed by atoms with Gasteiger partial charge in [0.2, 0.25) is 0 Å². The van der Waals surface area contributed by atoms with Gasteiger partial charge in [-0.1, -0.05) is 30.3 Å². The van der Waals surface area contributed by atoms with Crippen LogP contribution in [0.5, 0.6) is 0 Å². The number of hydrogen-bond acceptors (Lipinski definition) is 2. The highest BCUT2D eigenvalue weighted by Gasteiger charge is 2.12. The Morgan fingerprint density at radius 2 is 1.95 bits per heavy atom. The monoisotopic (exact) mass is 279 g/mol. The number of nitrogens with zero attached hydrogens (tertiary/aromatic N) is 1. The molecular weight excluding hydrogens is 262 g/mol. The normalized spacial score (nSPS) is 10.8. The van der Waals surface area contributed by atoms with E-state index < -0.39 is 0 Å². The van der Waals surface area contributed by atoms with Crippen LogP contribution >= 0.6 is 0 Å². The van der Waals surface area contributed by atoms with Crippen molar-refractivity contribution in [2.45, 2.75) is 13.5 Å². The lowest BCUT2D eigenvalue weighted by Gasteiger charge is -2.10. The molecule has 21 heavy (non-hydrogen) atoms. The second kappa shape index (κ2) is 5.44. The first-order chi connectivity index (χ1) is 10.2. The number of methoxy groups -OCH3 is 1. The zero-order valence-electron chi connectivity index (χ0n) is 12.2. The maximum Gasteiger partial charge on any atom is 0.338 e. The highest BCUT2D eigenvalue weighted by Crippen LogP contribution is 2.20. The number of esters is 1. The summed E-state index contributed by atoms with van der Waals surface area (Å²) in [6.45, 7) is 2.73. The molecule has 0 spiro atoms. The maximum atomic E-state index is 11.8. The van der Waals surface area contributed by atoms with Crippen molar-refractivity contribution in [2.24, 2.45) is 0 Å². The fraction of sp³-hybridized carbons (Fsp3) is 0.167. The number of aryl methyl sites for hydroxylation is 1. The quantitative estimate of drug-likeness (QED) is 0.683. The smallest absolute Gasteiger partial charge is 0.338 e. The molecule has 0 unspecified atom stereocenters. The Morgan fingerprint density at radius 1 is 1.14 bits per heavy atom. The van der Waals surface area contributed by atoms with Crippen LogP contribution in [0.2, 0.25) is 0 Å². The first-order valence-corrected chi connectivity index (χ1v) is 6.91. The van der Waals surface area contributed by atoms with Crippen molar-refractivity contribution in [1.82, 2.24) is 4.57 Å². The molecule has 0 atom stereocenters. The van der Waals surface area contributed by atoms with E-state index in [1.54, 1.807) is 6.07 Å². The third-order valence-corrected chi connectivity index (χ3v) is 3.69. The van der Waals surface area contributed by atoms with Gasteiger partial charge >= 0.3 is 5.97 Å². The van der Waals surface area contributed by atoms with Crippen molar-refractivity contribution in [3.8, 4) is 0 Å². The fourth-order valence-corrected chi connectivity index (χ4v) is 2.58. The van der Waals surface area contributed by atoms with Gasteiger partial charge in [-0.05, 0) is 41.6 Å². The first-order valence-electron chi connectivity index (χ1n) is 6.91. The van der Waals surface area contributed by atoms with Crippen LogP contribution in [-0.2, 0) is 11.3 Å². The van der Waals surface area contributed by atoms with Gasteiger partial charge in [0.25, 0.3) is 0 Å². The maximum absolute atomic E-state index is 11.8. The summed E-state index contributed by atoms with van der Waals surface area (Å²) in [5.41, 5.74) is 3.98. The third-order valence-electron chi connectivity index (χ3n) is 3.69. The second-order valence-electron chi connectivity index (χ2n) is 5.15. The average molecular weight is 279 g/mol. The van der Waals surface area contributed by atoms with Crippen molar-refractivity contribution >= 4 is 16.9 Å². The summed E-state index contributed by atoms with van der Waals surface area (Å²) in [7, 11) is 1.41. The molecule has 0 aliphatic rings. The predicted molar refractivity (Wildman–Crippen MR) is 83.6 cm³/mol. The van der Waals surface area contributed by atoms with Crippen LogP contribution in [-0.4, -0.2) is 17.6 Å². The summed E-state index contributed by atoms with van der Waals surface area (Å²) in [5, 5.41) is 1.20. The van der Waals surface area contributed by atoms with Crippen LogP contribution in [0.4, 0.5) is 0 Å². The SMILES string of the molecule is COC(=O)c1ccccc1Cn1ccc2ccc(C)cc21. The van der Waals surface area contributed by atoms with E-state index in [9.17, 15) is 4.79 Å². The van der Waals surface area contributed by atoms with Gasteiger partial charge in [-0.25, -0.2) is 4.79 Å². The van der Waals surface area contributed by atoms with Crippen LogP contribution < -0.4 is 0 Å². The highest BCUT2D eigenvalue weighted by atomic mass is 16.5. The molecule has 0 bridgehead atoms. The van der Waals surface area contributed by atoms with Gasteiger partial charge in [0.15, 0.2) is 0 Å². The average Bonchev–Trinajstić information content (AvgIpc) is 2.89. The van der Waals surface area contributed by atoms with Crippen molar-refractivity contribution in [2.75, 3.05) is 7.11 Å². The van der Waals surface area contributed by atoms with Crippen LogP contribution in [0.15, 0.2) is 54.7 Å². The molecule has 0 aliphatic heterocycles. The molecule has 1 aromatic heterocycles. The Kier molecular flexibility index (Phi) is 3.48. The van der Waals surface area contributed by atoms with E-state index in [0.717, 1.165) is 5.56 Å². The molecule has 0 N–H and O–H groups in total. The van der Waals surface area contributed by atoms with Gasteiger partial charge in [0, 0.05) is 18.3 Å². The molecule has 106 valence electrons. The summed E-state index contributed by atoms with van der Waals surface area (Å²) >= 11 is 0. The molecule has 0 aliphatic carbocycles. The summed E-state index contributed by atoms with van der Waals surface area (Å²) < 4.78 is 7.01. The standard InChI is InChI=1S/C18H17NO2/c1-13-7-8-14-9-10-19(17(14)11-13)12-15-5-3-4-6-16(15)18(20)21-2/h3-11H,12H2,1-2H3. The van der Waals surface area contributed by atoms with E-state index >= 15 is 0 Å². The van der Waals surface area contributed by atoms with Gasteiger partial charge in [0.1, 0.15) is 0 Å². The van der Waals surface area contributed by atoms with Crippen LogP contribution in [0.3, 0.4) is 0 Å². The number of hydrogen-bond donors (Lipinski definition) is 0. The lowest BCUT2D eigenvalue weighted by atomic mass is 10.1. The molecule has 3 rings (SSSR count). The van der Waals surface area contributed by atoms with Crippen molar-refractivity contribution in [3.63, 3.8) is 0 Å². The molecular formula is C18H17NO2. The first kappa shape index (κ1) is 13.4.